The maximum absolute atomic E-state index is 13.4. The van der Waals surface area contributed by atoms with Crippen LogP contribution >= 0.6 is 0 Å². The van der Waals surface area contributed by atoms with E-state index in [9.17, 15) is 13.6 Å². The van der Waals surface area contributed by atoms with Gasteiger partial charge in [0.25, 0.3) is 5.91 Å². The summed E-state index contributed by atoms with van der Waals surface area (Å²) in [4.78, 5) is 14.3. The van der Waals surface area contributed by atoms with Crippen LogP contribution < -0.4 is 10.2 Å². The molecule has 1 aromatic heterocycles. The molecule has 7 heteroatoms. The van der Waals surface area contributed by atoms with Crippen molar-refractivity contribution in [1.82, 2.24) is 15.5 Å². The second kappa shape index (κ2) is 7.63. The van der Waals surface area contributed by atoms with Gasteiger partial charge in [-0.25, -0.2) is 8.78 Å². The van der Waals surface area contributed by atoms with Crippen molar-refractivity contribution in [2.24, 2.45) is 5.92 Å². The van der Waals surface area contributed by atoms with Gasteiger partial charge in [0, 0.05) is 37.1 Å². The van der Waals surface area contributed by atoms with E-state index in [2.05, 4.69) is 15.5 Å². The van der Waals surface area contributed by atoms with Crippen LogP contribution in [0, 0.1) is 17.6 Å². The predicted molar refractivity (Wildman–Crippen MR) is 91.6 cm³/mol. The van der Waals surface area contributed by atoms with Gasteiger partial charge < -0.3 is 10.2 Å². The first-order valence-electron chi connectivity index (χ1n) is 8.59. The summed E-state index contributed by atoms with van der Waals surface area (Å²) in [5.41, 5.74) is 2.12. The summed E-state index contributed by atoms with van der Waals surface area (Å²) in [5, 5.41) is 9.78. The number of aromatic nitrogens is 2. The number of halogens is 2. The number of H-pyrrole nitrogens is 1. The number of anilines is 1. The highest BCUT2D eigenvalue weighted by molar-refractivity contribution is 5.95. The fourth-order valence-corrected chi connectivity index (χ4v) is 3.20. The molecule has 2 heterocycles. The molecular weight excluding hydrogens is 326 g/mol. The summed E-state index contributed by atoms with van der Waals surface area (Å²) in [6.07, 6.45) is 4.18. The third-order valence-corrected chi connectivity index (χ3v) is 4.57. The van der Waals surface area contributed by atoms with E-state index in [1.165, 1.54) is 6.07 Å². The standard InChI is InChI=1S/C18H22F2N4O/c1-2-3-17-14(10-22-23-17)18(25)21-9-12-6-7-24(11-12)13-4-5-15(19)16(20)8-13/h4-5,8,10,12H,2-3,6-7,9,11H2,1H3,(H,21,25)(H,22,23). The largest absolute Gasteiger partial charge is 0.371 e. The van der Waals surface area contributed by atoms with Gasteiger partial charge in [-0.3, -0.25) is 9.89 Å². The first-order valence-corrected chi connectivity index (χ1v) is 8.59. The molecule has 2 aromatic rings. The molecule has 0 radical (unpaired) electrons. The Balaban J connectivity index is 1.54. The van der Waals surface area contributed by atoms with Gasteiger partial charge in [0.15, 0.2) is 11.6 Å². The van der Waals surface area contributed by atoms with Crippen molar-refractivity contribution in [2.75, 3.05) is 24.5 Å². The van der Waals surface area contributed by atoms with Crippen LogP contribution in [0.4, 0.5) is 14.5 Å². The Morgan fingerprint density at radius 1 is 1.40 bits per heavy atom. The summed E-state index contributed by atoms with van der Waals surface area (Å²) in [6, 6.07) is 3.95. The number of amides is 1. The molecule has 1 amide bonds. The molecule has 1 fully saturated rings. The summed E-state index contributed by atoms with van der Waals surface area (Å²) >= 11 is 0. The highest BCUT2D eigenvalue weighted by Gasteiger charge is 2.24. The lowest BCUT2D eigenvalue weighted by molar-refractivity contribution is 0.0947. The molecule has 0 bridgehead atoms. The Morgan fingerprint density at radius 2 is 2.24 bits per heavy atom. The number of rotatable bonds is 6. The van der Waals surface area contributed by atoms with Crippen molar-refractivity contribution < 1.29 is 13.6 Å². The third kappa shape index (κ3) is 3.97. The van der Waals surface area contributed by atoms with Crippen molar-refractivity contribution >= 4 is 11.6 Å². The maximum atomic E-state index is 13.4. The molecule has 0 saturated carbocycles. The number of hydrogen-bond acceptors (Lipinski definition) is 3. The van der Waals surface area contributed by atoms with Gasteiger partial charge in [-0.2, -0.15) is 5.10 Å². The van der Waals surface area contributed by atoms with Crippen LogP contribution in [-0.2, 0) is 6.42 Å². The minimum Gasteiger partial charge on any atom is -0.371 e. The zero-order chi connectivity index (χ0) is 17.8. The van der Waals surface area contributed by atoms with Gasteiger partial charge in [-0.05, 0) is 30.9 Å². The molecule has 134 valence electrons. The molecule has 0 spiro atoms. The van der Waals surface area contributed by atoms with E-state index in [0.29, 0.717) is 24.3 Å². The highest BCUT2D eigenvalue weighted by atomic mass is 19.2. The topological polar surface area (TPSA) is 61.0 Å². The van der Waals surface area contributed by atoms with E-state index in [4.69, 9.17) is 0 Å². The van der Waals surface area contributed by atoms with E-state index < -0.39 is 11.6 Å². The van der Waals surface area contributed by atoms with Crippen molar-refractivity contribution in [3.8, 4) is 0 Å². The van der Waals surface area contributed by atoms with E-state index >= 15 is 0 Å². The molecule has 1 aliphatic heterocycles. The number of hydrogen-bond donors (Lipinski definition) is 2. The lowest BCUT2D eigenvalue weighted by atomic mass is 10.1. The third-order valence-electron chi connectivity index (χ3n) is 4.57. The molecule has 1 aliphatic rings. The molecule has 1 unspecified atom stereocenters. The SMILES string of the molecule is CCCc1[nH]ncc1C(=O)NCC1CCN(c2ccc(F)c(F)c2)C1. The second-order valence-corrected chi connectivity index (χ2v) is 6.42. The van der Waals surface area contributed by atoms with Crippen molar-refractivity contribution in [3.63, 3.8) is 0 Å². The number of benzene rings is 1. The van der Waals surface area contributed by atoms with Crippen molar-refractivity contribution in [3.05, 3.63) is 47.3 Å². The van der Waals surface area contributed by atoms with Gasteiger partial charge in [-0.15, -0.1) is 0 Å². The van der Waals surface area contributed by atoms with Gasteiger partial charge >= 0.3 is 0 Å². The Morgan fingerprint density at radius 3 is 3.00 bits per heavy atom. The van der Waals surface area contributed by atoms with Gasteiger partial charge in [0.1, 0.15) is 0 Å². The summed E-state index contributed by atoms with van der Waals surface area (Å²) in [5.74, 6) is -1.52. The van der Waals surface area contributed by atoms with Crippen molar-refractivity contribution in [2.45, 2.75) is 26.2 Å². The Labute approximate surface area is 145 Å². The number of carbonyl (C=O) groups is 1. The lowest BCUT2D eigenvalue weighted by Crippen LogP contribution is -2.31. The number of nitrogens with zero attached hydrogens (tertiary/aromatic N) is 2. The second-order valence-electron chi connectivity index (χ2n) is 6.42. The molecular formula is C18H22F2N4O. The summed E-state index contributed by atoms with van der Waals surface area (Å²) in [6.45, 7) is 4.07. The van der Waals surface area contributed by atoms with Crippen LogP contribution in [0.2, 0.25) is 0 Å². The molecule has 1 aromatic carbocycles. The van der Waals surface area contributed by atoms with E-state index in [1.807, 2.05) is 11.8 Å². The summed E-state index contributed by atoms with van der Waals surface area (Å²) < 4.78 is 26.4. The first-order chi connectivity index (χ1) is 12.1. The van der Waals surface area contributed by atoms with Crippen LogP contribution in [-0.4, -0.2) is 35.7 Å². The van der Waals surface area contributed by atoms with Crippen molar-refractivity contribution in [1.29, 1.82) is 0 Å². The molecule has 1 atom stereocenters. The molecule has 0 aliphatic carbocycles. The fourth-order valence-electron chi connectivity index (χ4n) is 3.20. The normalized spacial score (nSPS) is 17.1. The monoisotopic (exact) mass is 348 g/mol. The minimum atomic E-state index is -0.838. The molecule has 2 N–H and O–H groups in total. The summed E-state index contributed by atoms with van der Waals surface area (Å²) in [7, 11) is 0. The highest BCUT2D eigenvalue weighted by Crippen LogP contribution is 2.25. The number of carbonyl (C=O) groups excluding carboxylic acids is 1. The van der Waals surface area contributed by atoms with Gasteiger partial charge in [0.05, 0.1) is 11.8 Å². The van der Waals surface area contributed by atoms with Gasteiger partial charge in [0.2, 0.25) is 0 Å². The molecule has 3 rings (SSSR count). The molecule has 25 heavy (non-hydrogen) atoms. The van der Waals surface area contributed by atoms with E-state index in [1.54, 1.807) is 12.3 Å². The Hall–Kier alpha value is -2.44. The molecule has 1 saturated heterocycles. The zero-order valence-corrected chi connectivity index (χ0v) is 14.2. The van der Waals surface area contributed by atoms with Crippen LogP contribution in [0.3, 0.4) is 0 Å². The van der Waals surface area contributed by atoms with Gasteiger partial charge in [-0.1, -0.05) is 13.3 Å². The van der Waals surface area contributed by atoms with Crippen LogP contribution in [0.25, 0.3) is 0 Å². The minimum absolute atomic E-state index is 0.122. The Kier molecular flexibility index (Phi) is 5.31. The van der Waals surface area contributed by atoms with Crippen LogP contribution in [0.15, 0.2) is 24.4 Å². The maximum Gasteiger partial charge on any atom is 0.254 e. The number of nitrogens with one attached hydrogen (secondary N) is 2. The number of aryl methyl sites for hydroxylation is 1. The average molecular weight is 348 g/mol. The quantitative estimate of drug-likeness (QED) is 0.844. The van der Waals surface area contributed by atoms with Crippen LogP contribution in [0.5, 0.6) is 0 Å². The lowest BCUT2D eigenvalue weighted by Gasteiger charge is -2.19. The predicted octanol–water partition coefficient (Wildman–Crippen LogP) is 2.90. The van der Waals surface area contributed by atoms with E-state index in [0.717, 1.165) is 37.6 Å². The first kappa shape index (κ1) is 17.4. The fraction of sp³-hybridized carbons (Fsp3) is 0.444. The Bertz CT molecular complexity index is 746. The smallest absolute Gasteiger partial charge is 0.254 e. The van der Waals surface area contributed by atoms with Crippen LogP contribution in [0.1, 0.15) is 35.8 Å². The van der Waals surface area contributed by atoms with E-state index in [-0.39, 0.29) is 11.8 Å². The average Bonchev–Trinajstić information content (AvgIpc) is 3.25. The number of aromatic amines is 1. The zero-order valence-electron chi connectivity index (χ0n) is 14.2. The molecule has 5 nitrogen and oxygen atoms in total.